The Kier molecular flexibility index (Phi) is 4.30. The fourth-order valence-corrected chi connectivity index (χ4v) is 1.28. The standard InChI is InChI=1S/C10H10ClNO5/c11-5-1-2-8(14)6(3-5)9(15)12-7(4-13)10(16)17/h1-3,7,13-14H,4H2,(H,12,15)(H,16,17)/t7-/m1/s1. The predicted molar refractivity (Wildman–Crippen MR) is 59.1 cm³/mol. The maximum atomic E-state index is 11.6. The van der Waals surface area contributed by atoms with Gasteiger partial charge in [0.15, 0.2) is 6.04 Å². The van der Waals surface area contributed by atoms with E-state index in [2.05, 4.69) is 0 Å². The molecule has 7 heteroatoms. The third kappa shape index (κ3) is 3.33. The highest BCUT2D eigenvalue weighted by Crippen LogP contribution is 2.21. The van der Waals surface area contributed by atoms with E-state index < -0.39 is 24.5 Å². The number of hydrogen-bond donors (Lipinski definition) is 4. The molecule has 0 aliphatic heterocycles. The SMILES string of the molecule is O=C(N[C@H](CO)C(=O)O)c1cc(Cl)ccc1O. The van der Waals surface area contributed by atoms with Crippen molar-refractivity contribution < 1.29 is 24.9 Å². The minimum absolute atomic E-state index is 0.155. The number of amides is 1. The minimum Gasteiger partial charge on any atom is -0.507 e. The van der Waals surface area contributed by atoms with Gasteiger partial charge in [-0.3, -0.25) is 4.79 Å². The molecule has 0 bridgehead atoms. The Bertz CT molecular complexity index is 448. The number of aromatic hydroxyl groups is 1. The summed E-state index contributed by atoms with van der Waals surface area (Å²) >= 11 is 5.64. The molecule has 1 rings (SSSR count). The van der Waals surface area contributed by atoms with Crippen LogP contribution in [0.1, 0.15) is 10.4 Å². The molecule has 0 fully saturated rings. The van der Waals surface area contributed by atoms with Crippen LogP contribution in [0, 0.1) is 0 Å². The normalized spacial score (nSPS) is 11.9. The van der Waals surface area contributed by atoms with Gasteiger partial charge in [-0.25, -0.2) is 4.79 Å². The number of rotatable bonds is 4. The molecule has 1 amide bonds. The van der Waals surface area contributed by atoms with Crippen LogP contribution < -0.4 is 5.32 Å². The minimum atomic E-state index is -1.43. The van der Waals surface area contributed by atoms with E-state index in [1.54, 1.807) is 0 Å². The van der Waals surface area contributed by atoms with Crippen molar-refractivity contribution in [1.29, 1.82) is 0 Å². The second-order valence-electron chi connectivity index (χ2n) is 3.21. The Labute approximate surface area is 101 Å². The number of aliphatic hydroxyl groups excluding tert-OH is 1. The van der Waals surface area contributed by atoms with Crippen LogP contribution in [0.4, 0.5) is 0 Å². The second kappa shape index (κ2) is 5.51. The monoisotopic (exact) mass is 259 g/mol. The van der Waals surface area contributed by atoms with Crippen molar-refractivity contribution in [1.82, 2.24) is 5.32 Å². The van der Waals surface area contributed by atoms with E-state index >= 15 is 0 Å². The smallest absolute Gasteiger partial charge is 0.328 e. The Morgan fingerprint density at radius 1 is 1.41 bits per heavy atom. The van der Waals surface area contributed by atoms with Crippen molar-refractivity contribution in [3.8, 4) is 5.75 Å². The molecule has 0 saturated carbocycles. The lowest BCUT2D eigenvalue weighted by atomic mass is 10.1. The number of hydrogen-bond acceptors (Lipinski definition) is 4. The first-order chi connectivity index (χ1) is 7.95. The maximum Gasteiger partial charge on any atom is 0.328 e. The van der Waals surface area contributed by atoms with Gasteiger partial charge in [0.25, 0.3) is 5.91 Å². The first-order valence-electron chi connectivity index (χ1n) is 4.58. The molecule has 4 N–H and O–H groups in total. The highest BCUT2D eigenvalue weighted by Gasteiger charge is 2.21. The Morgan fingerprint density at radius 3 is 2.59 bits per heavy atom. The maximum absolute atomic E-state index is 11.6. The summed E-state index contributed by atoms with van der Waals surface area (Å²) in [4.78, 5) is 22.2. The number of halogens is 1. The summed E-state index contributed by atoms with van der Waals surface area (Å²) in [5.74, 6) is -2.53. The lowest BCUT2D eigenvalue weighted by molar-refractivity contribution is -0.140. The number of carbonyl (C=O) groups is 2. The van der Waals surface area contributed by atoms with Gasteiger partial charge in [0.2, 0.25) is 0 Å². The van der Waals surface area contributed by atoms with Gasteiger partial charge in [-0.1, -0.05) is 11.6 Å². The van der Waals surface area contributed by atoms with Crippen molar-refractivity contribution in [2.75, 3.05) is 6.61 Å². The van der Waals surface area contributed by atoms with Crippen molar-refractivity contribution in [2.24, 2.45) is 0 Å². The summed E-state index contributed by atoms with van der Waals surface area (Å²) in [5.41, 5.74) is -0.155. The number of phenols is 1. The molecule has 0 aromatic heterocycles. The van der Waals surface area contributed by atoms with E-state index in [0.29, 0.717) is 0 Å². The molecule has 0 unspecified atom stereocenters. The van der Waals surface area contributed by atoms with Crippen molar-refractivity contribution in [3.63, 3.8) is 0 Å². The molecule has 92 valence electrons. The molecule has 1 aromatic rings. The lowest BCUT2D eigenvalue weighted by Crippen LogP contribution is -2.43. The molecule has 0 aliphatic carbocycles. The number of aliphatic carboxylic acids is 1. The second-order valence-corrected chi connectivity index (χ2v) is 3.64. The zero-order valence-corrected chi connectivity index (χ0v) is 9.31. The first-order valence-corrected chi connectivity index (χ1v) is 4.96. The summed E-state index contributed by atoms with van der Waals surface area (Å²) < 4.78 is 0. The molecular formula is C10H10ClNO5. The average molecular weight is 260 g/mol. The molecule has 0 saturated heterocycles. The van der Waals surface area contributed by atoms with Crippen molar-refractivity contribution >= 4 is 23.5 Å². The van der Waals surface area contributed by atoms with E-state index in [0.717, 1.165) is 0 Å². The Hall–Kier alpha value is -1.79. The number of phenolic OH excluding ortho intramolecular Hbond substituents is 1. The summed E-state index contributed by atoms with van der Waals surface area (Å²) in [6.45, 7) is -0.748. The van der Waals surface area contributed by atoms with Crippen LogP contribution in [0.3, 0.4) is 0 Å². The fourth-order valence-electron chi connectivity index (χ4n) is 1.11. The van der Waals surface area contributed by atoms with Crippen molar-refractivity contribution in [2.45, 2.75) is 6.04 Å². The molecule has 0 heterocycles. The van der Waals surface area contributed by atoms with Gasteiger partial charge in [-0.05, 0) is 18.2 Å². The molecule has 1 aromatic carbocycles. The number of nitrogens with one attached hydrogen (secondary N) is 1. The van der Waals surface area contributed by atoms with Crippen LogP contribution in [-0.4, -0.2) is 39.8 Å². The zero-order valence-electron chi connectivity index (χ0n) is 8.55. The Balaban J connectivity index is 2.89. The summed E-state index contributed by atoms with van der Waals surface area (Å²) in [7, 11) is 0. The van der Waals surface area contributed by atoms with Gasteiger partial charge in [0, 0.05) is 5.02 Å². The van der Waals surface area contributed by atoms with Crippen LogP contribution in [0.5, 0.6) is 5.75 Å². The van der Waals surface area contributed by atoms with Gasteiger partial charge in [-0.15, -0.1) is 0 Å². The highest BCUT2D eigenvalue weighted by atomic mass is 35.5. The summed E-state index contributed by atoms with van der Waals surface area (Å²) in [5, 5.41) is 29.0. The molecule has 1 atom stereocenters. The van der Waals surface area contributed by atoms with Gasteiger partial charge >= 0.3 is 5.97 Å². The molecule has 0 aliphatic rings. The summed E-state index contributed by atoms with van der Waals surface area (Å²) in [6.07, 6.45) is 0. The number of carboxylic acids is 1. The number of aliphatic hydroxyl groups is 1. The third-order valence-corrected chi connectivity index (χ3v) is 2.22. The molecule has 0 spiro atoms. The molecular weight excluding hydrogens is 250 g/mol. The van der Waals surface area contributed by atoms with E-state index in [1.165, 1.54) is 18.2 Å². The first kappa shape index (κ1) is 13.3. The topological polar surface area (TPSA) is 107 Å². The van der Waals surface area contributed by atoms with E-state index in [-0.39, 0.29) is 16.3 Å². The van der Waals surface area contributed by atoms with E-state index in [1.807, 2.05) is 5.32 Å². The van der Waals surface area contributed by atoms with Crippen LogP contribution in [0.15, 0.2) is 18.2 Å². The van der Waals surface area contributed by atoms with Gasteiger partial charge in [0.05, 0.1) is 12.2 Å². The molecule has 0 radical (unpaired) electrons. The fraction of sp³-hybridized carbons (Fsp3) is 0.200. The van der Waals surface area contributed by atoms with Gasteiger partial charge in [0.1, 0.15) is 5.75 Å². The van der Waals surface area contributed by atoms with Crippen LogP contribution in [0.25, 0.3) is 0 Å². The highest BCUT2D eigenvalue weighted by molar-refractivity contribution is 6.31. The lowest BCUT2D eigenvalue weighted by Gasteiger charge is -2.12. The number of carboxylic acid groups (broad SMARTS) is 1. The number of benzene rings is 1. The van der Waals surface area contributed by atoms with E-state index in [9.17, 15) is 14.7 Å². The van der Waals surface area contributed by atoms with E-state index in [4.69, 9.17) is 21.8 Å². The quantitative estimate of drug-likeness (QED) is 0.619. The average Bonchev–Trinajstić information content (AvgIpc) is 2.28. The van der Waals surface area contributed by atoms with Crippen LogP contribution >= 0.6 is 11.6 Å². The molecule has 6 nitrogen and oxygen atoms in total. The third-order valence-electron chi connectivity index (χ3n) is 1.99. The van der Waals surface area contributed by atoms with Crippen LogP contribution in [0.2, 0.25) is 5.02 Å². The van der Waals surface area contributed by atoms with Crippen LogP contribution in [-0.2, 0) is 4.79 Å². The Morgan fingerprint density at radius 2 is 2.06 bits per heavy atom. The number of carbonyl (C=O) groups excluding carboxylic acids is 1. The zero-order chi connectivity index (χ0) is 13.0. The van der Waals surface area contributed by atoms with Gasteiger partial charge in [-0.2, -0.15) is 0 Å². The summed E-state index contributed by atoms with van der Waals surface area (Å²) in [6, 6.07) is 2.36. The molecule has 17 heavy (non-hydrogen) atoms. The largest absolute Gasteiger partial charge is 0.507 e. The van der Waals surface area contributed by atoms with Crippen molar-refractivity contribution in [3.05, 3.63) is 28.8 Å². The van der Waals surface area contributed by atoms with Gasteiger partial charge < -0.3 is 20.6 Å². The predicted octanol–water partition coefficient (Wildman–Crippen LogP) is 0.221.